The van der Waals surface area contributed by atoms with Crippen molar-refractivity contribution in [2.45, 2.75) is 43.9 Å². The fraction of sp³-hybridized carbons (Fsp3) is 0.929. The van der Waals surface area contributed by atoms with E-state index in [1.165, 1.54) is 0 Å². The van der Waals surface area contributed by atoms with E-state index in [1.54, 1.807) is 7.11 Å². The molecule has 2 aliphatic rings. The number of nitrogens with zero attached hydrogens (tertiary/aromatic N) is 1. The minimum absolute atomic E-state index is 0.158. The fourth-order valence-electron chi connectivity index (χ4n) is 2.81. The molecule has 0 spiro atoms. The first kappa shape index (κ1) is 16.1. The van der Waals surface area contributed by atoms with Crippen molar-refractivity contribution in [3.05, 3.63) is 0 Å². The summed E-state index contributed by atoms with van der Waals surface area (Å²) in [5, 5.41) is 0. The van der Waals surface area contributed by atoms with E-state index in [0.717, 1.165) is 43.9 Å². The lowest BCUT2D eigenvalue weighted by atomic mass is 10.1. The third kappa shape index (κ3) is 4.35. The van der Waals surface area contributed by atoms with Gasteiger partial charge in [-0.05, 0) is 25.0 Å². The van der Waals surface area contributed by atoms with Gasteiger partial charge >= 0.3 is 0 Å². The second kappa shape index (κ2) is 8.22. The molecule has 0 aliphatic carbocycles. The van der Waals surface area contributed by atoms with Crippen LogP contribution in [0.15, 0.2) is 0 Å². The zero-order valence-corrected chi connectivity index (χ0v) is 13.1. The molecule has 20 heavy (non-hydrogen) atoms. The Labute approximate surface area is 125 Å². The van der Waals surface area contributed by atoms with Gasteiger partial charge in [0.25, 0.3) is 0 Å². The summed E-state index contributed by atoms with van der Waals surface area (Å²) in [6, 6.07) is 0.354. The van der Waals surface area contributed by atoms with Gasteiger partial charge < -0.3 is 20.1 Å². The van der Waals surface area contributed by atoms with E-state index in [0.29, 0.717) is 19.0 Å². The quantitative estimate of drug-likeness (QED) is 0.756. The standard InChI is InChI=1S/C14H26N2O3S/c1-18-13(8-15)7-14(17)16(11-4-6-20-10-11)9-12-3-2-5-19-12/h11-13H,2-10,15H2,1H3. The number of thioether (sulfide) groups is 1. The van der Waals surface area contributed by atoms with E-state index in [-0.39, 0.29) is 18.1 Å². The summed E-state index contributed by atoms with van der Waals surface area (Å²) < 4.78 is 10.9. The molecule has 0 aromatic rings. The van der Waals surface area contributed by atoms with Crippen molar-refractivity contribution in [3.8, 4) is 0 Å². The highest BCUT2D eigenvalue weighted by molar-refractivity contribution is 7.99. The number of hydrogen-bond acceptors (Lipinski definition) is 5. The van der Waals surface area contributed by atoms with Gasteiger partial charge in [0, 0.05) is 38.6 Å². The molecule has 2 aliphatic heterocycles. The zero-order chi connectivity index (χ0) is 14.4. The molecule has 2 rings (SSSR count). The molecule has 0 aromatic heterocycles. The lowest BCUT2D eigenvalue weighted by Gasteiger charge is -2.31. The molecule has 3 atom stereocenters. The third-order valence-corrected chi connectivity index (χ3v) is 5.23. The maximum absolute atomic E-state index is 12.6. The van der Waals surface area contributed by atoms with Crippen LogP contribution < -0.4 is 5.73 Å². The molecule has 1 amide bonds. The first-order valence-electron chi connectivity index (χ1n) is 7.46. The van der Waals surface area contributed by atoms with Crippen LogP contribution in [0.25, 0.3) is 0 Å². The highest BCUT2D eigenvalue weighted by atomic mass is 32.2. The topological polar surface area (TPSA) is 64.8 Å². The Hall–Kier alpha value is -0.300. The summed E-state index contributed by atoms with van der Waals surface area (Å²) in [7, 11) is 1.61. The van der Waals surface area contributed by atoms with Crippen molar-refractivity contribution < 1.29 is 14.3 Å². The molecule has 0 bridgehead atoms. The minimum atomic E-state index is -0.177. The van der Waals surface area contributed by atoms with Crippen LogP contribution in [-0.4, -0.2) is 67.4 Å². The van der Waals surface area contributed by atoms with Gasteiger partial charge in [-0.1, -0.05) is 0 Å². The molecular weight excluding hydrogens is 276 g/mol. The summed E-state index contributed by atoms with van der Waals surface area (Å²) >= 11 is 1.93. The maximum Gasteiger partial charge on any atom is 0.225 e. The molecule has 5 nitrogen and oxygen atoms in total. The molecule has 3 unspecified atom stereocenters. The number of methoxy groups -OCH3 is 1. The average Bonchev–Trinajstić information content (AvgIpc) is 3.14. The van der Waals surface area contributed by atoms with E-state index in [2.05, 4.69) is 0 Å². The van der Waals surface area contributed by atoms with E-state index < -0.39 is 0 Å². The Morgan fingerprint density at radius 1 is 1.55 bits per heavy atom. The third-order valence-electron chi connectivity index (χ3n) is 4.09. The SMILES string of the molecule is COC(CN)CC(=O)N(CC1CCCO1)C1CCSC1. The van der Waals surface area contributed by atoms with E-state index in [9.17, 15) is 4.79 Å². The summed E-state index contributed by atoms with van der Waals surface area (Å²) in [4.78, 5) is 14.6. The van der Waals surface area contributed by atoms with Gasteiger partial charge in [-0.2, -0.15) is 11.8 Å². The van der Waals surface area contributed by atoms with Crippen LogP contribution in [0.1, 0.15) is 25.7 Å². The van der Waals surface area contributed by atoms with Crippen LogP contribution in [0.3, 0.4) is 0 Å². The van der Waals surface area contributed by atoms with Gasteiger partial charge in [0.15, 0.2) is 0 Å². The predicted octanol–water partition coefficient (Wildman–Crippen LogP) is 0.863. The summed E-state index contributed by atoms with van der Waals surface area (Å²) in [6.45, 7) is 1.94. The van der Waals surface area contributed by atoms with Crippen molar-refractivity contribution in [3.63, 3.8) is 0 Å². The molecule has 2 heterocycles. The largest absolute Gasteiger partial charge is 0.380 e. The Kier molecular flexibility index (Phi) is 6.61. The number of amides is 1. The van der Waals surface area contributed by atoms with E-state index >= 15 is 0 Å². The Balaban J connectivity index is 1.94. The maximum atomic E-state index is 12.6. The van der Waals surface area contributed by atoms with Gasteiger partial charge in [-0.15, -0.1) is 0 Å². The van der Waals surface area contributed by atoms with Crippen molar-refractivity contribution in [1.29, 1.82) is 0 Å². The number of carbonyl (C=O) groups is 1. The fourth-order valence-corrected chi connectivity index (χ4v) is 4.03. The second-order valence-electron chi connectivity index (χ2n) is 5.50. The Bertz CT molecular complexity index is 301. The normalized spacial score (nSPS) is 27.7. The average molecular weight is 302 g/mol. The number of nitrogens with two attached hydrogens (primary N) is 1. The molecule has 2 saturated heterocycles. The monoisotopic (exact) mass is 302 g/mol. The van der Waals surface area contributed by atoms with Crippen molar-refractivity contribution in [2.75, 3.05) is 38.3 Å². The first-order chi connectivity index (χ1) is 9.74. The number of ether oxygens (including phenoxy) is 2. The van der Waals surface area contributed by atoms with Crippen LogP contribution in [0, 0.1) is 0 Å². The van der Waals surface area contributed by atoms with Crippen molar-refractivity contribution in [2.24, 2.45) is 5.73 Å². The molecule has 0 aromatic carbocycles. The van der Waals surface area contributed by atoms with E-state index in [1.807, 2.05) is 16.7 Å². The summed E-state index contributed by atoms with van der Waals surface area (Å²) in [5.74, 6) is 2.34. The van der Waals surface area contributed by atoms with Crippen molar-refractivity contribution in [1.82, 2.24) is 4.90 Å². The number of carbonyl (C=O) groups excluding carboxylic acids is 1. The summed E-state index contributed by atoms with van der Waals surface area (Å²) in [5.41, 5.74) is 5.62. The zero-order valence-electron chi connectivity index (χ0n) is 12.3. The number of hydrogen-bond donors (Lipinski definition) is 1. The highest BCUT2D eigenvalue weighted by Gasteiger charge is 2.31. The smallest absolute Gasteiger partial charge is 0.225 e. The van der Waals surface area contributed by atoms with Crippen LogP contribution in [0.5, 0.6) is 0 Å². The minimum Gasteiger partial charge on any atom is -0.380 e. The molecule has 0 saturated carbocycles. The lowest BCUT2D eigenvalue weighted by molar-refractivity contribution is -0.137. The van der Waals surface area contributed by atoms with Gasteiger partial charge in [-0.3, -0.25) is 4.79 Å². The van der Waals surface area contributed by atoms with Gasteiger partial charge in [0.2, 0.25) is 5.91 Å². The van der Waals surface area contributed by atoms with Crippen LogP contribution in [-0.2, 0) is 14.3 Å². The molecule has 2 N–H and O–H groups in total. The van der Waals surface area contributed by atoms with Gasteiger partial charge in [0.1, 0.15) is 0 Å². The Morgan fingerprint density at radius 3 is 2.95 bits per heavy atom. The molecule has 6 heteroatoms. The highest BCUT2D eigenvalue weighted by Crippen LogP contribution is 2.25. The van der Waals surface area contributed by atoms with Crippen molar-refractivity contribution >= 4 is 17.7 Å². The second-order valence-corrected chi connectivity index (χ2v) is 6.65. The lowest BCUT2D eigenvalue weighted by Crippen LogP contribution is -2.46. The van der Waals surface area contributed by atoms with Crippen LogP contribution >= 0.6 is 11.8 Å². The predicted molar refractivity (Wildman–Crippen MR) is 80.9 cm³/mol. The molecule has 2 fully saturated rings. The number of rotatable bonds is 7. The molecule has 116 valence electrons. The molecular formula is C14H26N2O3S. The van der Waals surface area contributed by atoms with Crippen LogP contribution in [0.2, 0.25) is 0 Å². The Morgan fingerprint density at radius 2 is 2.40 bits per heavy atom. The van der Waals surface area contributed by atoms with Crippen LogP contribution in [0.4, 0.5) is 0 Å². The molecule has 0 radical (unpaired) electrons. The van der Waals surface area contributed by atoms with Gasteiger partial charge in [-0.25, -0.2) is 0 Å². The van der Waals surface area contributed by atoms with E-state index in [4.69, 9.17) is 15.2 Å². The summed E-state index contributed by atoms with van der Waals surface area (Å²) in [6.07, 6.45) is 3.67. The first-order valence-corrected chi connectivity index (χ1v) is 8.61. The van der Waals surface area contributed by atoms with Gasteiger partial charge in [0.05, 0.1) is 18.6 Å².